The van der Waals surface area contributed by atoms with Crippen LogP contribution in [-0.2, 0) is 13.0 Å². The van der Waals surface area contributed by atoms with E-state index >= 15 is 0 Å². The van der Waals surface area contributed by atoms with Gasteiger partial charge in [-0.3, -0.25) is 0 Å². The fraction of sp³-hybridized carbons (Fsp3) is 0.450. The number of guanidine groups is 1. The molecule has 2 rings (SSSR count). The number of benzene rings is 1. The molecule has 5 nitrogen and oxygen atoms in total. The van der Waals surface area contributed by atoms with E-state index in [1.54, 1.807) is 25.6 Å². The quantitative estimate of drug-likeness (QED) is 0.398. The average molecular weight is 376 g/mol. The molecule has 0 bridgehead atoms. The lowest BCUT2D eigenvalue weighted by atomic mass is 10.1. The van der Waals surface area contributed by atoms with Crippen LogP contribution in [-0.4, -0.2) is 33.3 Å². The van der Waals surface area contributed by atoms with Crippen LogP contribution < -0.4 is 20.1 Å². The maximum atomic E-state index is 5.36. The lowest BCUT2D eigenvalue weighted by Gasteiger charge is -2.12. The summed E-state index contributed by atoms with van der Waals surface area (Å²) >= 11 is 1.76. The van der Waals surface area contributed by atoms with Crippen LogP contribution in [0.2, 0.25) is 0 Å². The van der Waals surface area contributed by atoms with Crippen LogP contribution >= 0.6 is 11.3 Å². The van der Waals surface area contributed by atoms with E-state index in [0.29, 0.717) is 6.54 Å². The summed E-state index contributed by atoms with van der Waals surface area (Å²) in [4.78, 5) is 5.99. The van der Waals surface area contributed by atoms with Crippen LogP contribution in [0.5, 0.6) is 11.5 Å². The molecule has 0 aliphatic carbocycles. The molecule has 6 heteroatoms. The Kier molecular flexibility index (Phi) is 8.28. The van der Waals surface area contributed by atoms with Crippen LogP contribution in [0.1, 0.15) is 29.3 Å². The molecule has 0 amide bonds. The Bertz CT molecular complexity index is 713. The summed E-state index contributed by atoms with van der Waals surface area (Å²) in [6.45, 7) is 6.64. The van der Waals surface area contributed by atoms with Gasteiger partial charge in [0, 0.05) is 18.0 Å². The Morgan fingerprint density at radius 2 is 1.92 bits per heavy atom. The van der Waals surface area contributed by atoms with Crippen molar-refractivity contribution in [3.63, 3.8) is 0 Å². The van der Waals surface area contributed by atoms with E-state index in [1.807, 2.05) is 12.1 Å². The van der Waals surface area contributed by atoms with Gasteiger partial charge in [0.25, 0.3) is 0 Å². The second kappa shape index (κ2) is 10.7. The van der Waals surface area contributed by atoms with E-state index < -0.39 is 0 Å². The summed E-state index contributed by atoms with van der Waals surface area (Å²) in [6.07, 6.45) is 1.98. The van der Waals surface area contributed by atoms with Gasteiger partial charge >= 0.3 is 0 Å². The third kappa shape index (κ3) is 5.95. The summed E-state index contributed by atoms with van der Waals surface area (Å²) in [7, 11) is 3.32. The Labute approximate surface area is 160 Å². The van der Waals surface area contributed by atoms with E-state index in [9.17, 15) is 0 Å². The Morgan fingerprint density at radius 3 is 2.58 bits per heavy atom. The first-order valence-corrected chi connectivity index (χ1v) is 9.82. The van der Waals surface area contributed by atoms with Crippen molar-refractivity contribution >= 4 is 17.3 Å². The third-order valence-electron chi connectivity index (χ3n) is 4.08. The maximum absolute atomic E-state index is 5.36. The Morgan fingerprint density at radius 1 is 1.12 bits per heavy atom. The van der Waals surface area contributed by atoms with Crippen LogP contribution in [0, 0.1) is 6.92 Å². The first-order valence-electron chi connectivity index (χ1n) is 8.94. The minimum Gasteiger partial charge on any atom is -0.493 e. The number of nitrogens with zero attached hydrogens (tertiary/aromatic N) is 1. The van der Waals surface area contributed by atoms with E-state index in [2.05, 4.69) is 47.0 Å². The van der Waals surface area contributed by atoms with Crippen LogP contribution in [0.3, 0.4) is 0 Å². The van der Waals surface area contributed by atoms with Gasteiger partial charge in [0.05, 0.1) is 20.8 Å². The fourth-order valence-electron chi connectivity index (χ4n) is 2.59. The molecule has 0 saturated carbocycles. The number of thiophene rings is 1. The highest BCUT2D eigenvalue weighted by Gasteiger charge is 2.05. The van der Waals surface area contributed by atoms with Crippen LogP contribution in [0.4, 0.5) is 0 Å². The second-order valence-corrected chi connectivity index (χ2v) is 6.94. The number of ether oxygens (including phenoxy) is 2. The topological polar surface area (TPSA) is 54.9 Å². The van der Waals surface area contributed by atoms with Crippen molar-refractivity contribution in [1.29, 1.82) is 0 Å². The molecular formula is C20H29N3O2S. The predicted molar refractivity (Wildman–Crippen MR) is 110 cm³/mol. The lowest BCUT2D eigenvalue weighted by Crippen LogP contribution is -2.37. The van der Waals surface area contributed by atoms with E-state index in [1.165, 1.54) is 16.0 Å². The molecular weight excluding hydrogens is 346 g/mol. The van der Waals surface area contributed by atoms with Crippen molar-refractivity contribution in [2.75, 3.05) is 27.3 Å². The number of methoxy groups -OCH3 is 2. The molecule has 0 aliphatic heterocycles. The first kappa shape index (κ1) is 20.1. The van der Waals surface area contributed by atoms with Crippen LogP contribution in [0.15, 0.2) is 34.6 Å². The van der Waals surface area contributed by atoms with Crippen molar-refractivity contribution in [2.24, 2.45) is 4.99 Å². The molecule has 26 heavy (non-hydrogen) atoms. The van der Waals surface area contributed by atoms with E-state index in [0.717, 1.165) is 43.4 Å². The largest absolute Gasteiger partial charge is 0.493 e. The van der Waals surface area contributed by atoms with Crippen molar-refractivity contribution in [1.82, 2.24) is 10.6 Å². The van der Waals surface area contributed by atoms with Crippen molar-refractivity contribution < 1.29 is 9.47 Å². The van der Waals surface area contributed by atoms with Gasteiger partial charge in [0.15, 0.2) is 17.5 Å². The number of aryl methyl sites for hydroxylation is 2. The summed E-state index contributed by atoms with van der Waals surface area (Å²) in [5.74, 6) is 2.41. The standard InChI is InChI=1S/C20H29N3O2S/c1-5-21-20(23-14-19-15(2)10-12-26-19)22-11-6-7-16-8-9-17(24-3)18(13-16)25-4/h8-10,12-13H,5-7,11,14H2,1-4H3,(H2,21,22,23). The zero-order chi connectivity index (χ0) is 18.8. The Balaban J connectivity index is 1.83. The normalized spacial score (nSPS) is 11.3. The summed E-state index contributed by atoms with van der Waals surface area (Å²) in [6, 6.07) is 8.22. The van der Waals surface area contributed by atoms with Gasteiger partial charge in [-0.2, -0.15) is 0 Å². The molecule has 0 saturated heterocycles. The van der Waals surface area contributed by atoms with Gasteiger partial charge in [-0.05, 0) is 61.4 Å². The van der Waals surface area contributed by atoms with Gasteiger partial charge in [-0.1, -0.05) is 6.07 Å². The molecule has 0 unspecified atom stereocenters. The van der Waals surface area contributed by atoms with Crippen molar-refractivity contribution in [3.05, 3.63) is 45.6 Å². The summed E-state index contributed by atoms with van der Waals surface area (Å²) in [5.41, 5.74) is 2.55. The highest BCUT2D eigenvalue weighted by atomic mass is 32.1. The van der Waals surface area contributed by atoms with Crippen molar-refractivity contribution in [2.45, 2.75) is 33.2 Å². The molecule has 1 heterocycles. The number of hydrogen-bond donors (Lipinski definition) is 2. The minimum absolute atomic E-state index is 0.717. The fourth-order valence-corrected chi connectivity index (χ4v) is 3.42. The van der Waals surface area contributed by atoms with Gasteiger partial charge in [0.2, 0.25) is 0 Å². The molecule has 1 aromatic heterocycles. The highest BCUT2D eigenvalue weighted by molar-refractivity contribution is 7.10. The number of rotatable bonds is 9. The molecule has 0 atom stereocenters. The molecule has 2 aromatic rings. The summed E-state index contributed by atoms with van der Waals surface area (Å²) in [5, 5.41) is 8.83. The molecule has 0 radical (unpaired) electrons. The predicted octanol–water partition coefficient (Wildman–Crippen LogP) is 3.76. The number of aliphatic imine (C=N–C) groups is 1. The molecule has 142 valence electrons. The summed E-state index contributed by atoms with van der Waals surface area (Å²) < 4.78 is 10.6. The number of hydrogen-bond acceptors (Lipinski definition) is 4. The monoisotopic (exact) mass is 375 g/mol. The first-order chi connectivity index (χ1) is 12.7. The molecule has 0 aliphatic rings. The van der Waals surface area contributed by atoms with Crippen LogP contribution in [0.25, 0.3) is 0 Å². The van der Waals surface area contributed by atoms with E-state index in [-0.39, 0.29) is 0 Å². The van der Waals surface area contributed by atoms with Gasteiger partial charge in [0.1, 0.15) is 0 Å². The zero-order valence-electron chi connectivity index (χ0n) is 16.1. The van der Waals surface area contributed by atoms with Crippen molar-refractivity contribution in [3.8, 4) is 11.5 Å². The SMILES string of the molecule is CCNC(=NCc1sccc1C)NCCCc1ccc(OC)c(OC)c1. The minimum atomic E-state index is 0.717. The molecule has 0 fully saturated rings. The lowest BCUT2D eigenvalue weighted by molar-refractivity contribution is 0.354. The van der Waals surface area contributed by atoms with Gasteiger partial charge in [-0.25, -0.2) is 4.99 Å². The molecule has 2 N–H and O–H groups in total. The average Bonchev–Trinajstić information content (AvgIpc) is 3.07. The highest BCUT2D eigenvalue weighted by Crippen LogP contribution is 2.27. The maximum Gasteiger partial charge on any atom is 0.191 e. The smallest absolute Gasteiger partial charge is 0.191 e. The van der Waals surface area contributed by atoms with E-state index in [4.69, 9.17) is 9.47 Å². The zero-order valence-corrected chi connectivity index (χ0v) is 16.9. The Hall–Kier alpha value is -2.21. The second-order valence-electron chi connectivity index (χ2n) is 5.94. The van der Waals surface area contributed by atoms with Gasteiger partial charge < -0.3 is 20.1 Å². The molecule has 0 spiro atoms. The van der Waals surface area contributed by atoms with Gasteiger partial charge in [-0.15, -0.1) is 11.3 Å². The molecule has 1 aromatic carbocycles. The number of nitrogens with one attached hydrogen (secondary N) is 2. The third-order valence-corrected chi connectivity index (χ3v) is 5.08.